The van der Waals surface area contributed by atoms with Crippen LogP contribution in [0.5, 0.6) is 0 Å². The molecule has 1 aromatic rings. The number of nitrogens with two attached hydrogens (primary N) is 1. The molecule has 0 aliphatic carbocycles. The average Bonchev–Trinajstić information content (AvgIpc) is 3.05. The first kappa shape index (κ1) is 18.1. The van der Waals surface area contributed by atoms with Crippen molar-refractivity contribution in [3.05, 3.63) is 35.9 Å². The normalized spacial score (nSPS) is 17.9. The number of piperidine rings is 1. The van der Waals surface area contributed by atoms with Crippen LogP contribution in [0.4, 0.5) is 4.79 Å². The lowest BCUT2D eigenvalue weighted by Gasteiger charge is -2.33. The zero-order valence-corrected chi connectivity index (χ0v) is 14.9. The highest BCUT2D eigenvalue weighted by atomic mass is 16.6. The van der Waals surface area contributed by atoms with Crippen LogP contribution in [-0.2, 0) is 4.74 Å². The minimum Gasteiger partial charge on any atom is -0.463 e. The molecule has 0 bridgehead atoms. The number of ether oxygens (including phenoxy) is 1. The fourth-order valence-electron chi connectivity index (χ4n) is 2.67. The molecule has 6 heteroatoms. The van der Waals surface area contributed by atoms with Gasteiger partial charge in [-0.2, -0.15) is 0 Å². The third-order valence-corrected chi connectivity index (χ3v) is 3.94. The summed E-state index contributed by atoms with van der Waals surface area (Å²) in [5.41, 5.74) is 7.29. The Bertz CT molecular complexity index is 604. The molecule has 1 saturated heterocycles. The summed E-state index contributed by atoms with van der Waals surface area (Å²) in [5, 5.41) is 0. The van der Waals surface area contributed by atoms with Crippen LogP contribution < -0.4 is 5.73 Å². The van der Waals surface area contributed by atoms with Gasteiger partial charge in [-0.05, 0) is 51.8 Å². The van der Waals surface area contributed by atoms with Gasteiger partial charge in [0.25, 0.3) is 0 Å². The van der Waals surface area contributed by atoms with Crippen LogP contribution in [0.3, 0.4) is 0 Å². The Morgan fingerprint density at radius 1 is 1.42 bits per heavy atom. The highest BCUT2D eigenvalue weighted by Gasteiger charge is 2.27. The summed E-state index contributed by atoms with van der Waals surface area (Å²) in [4.78, 5) is 18.1. The minimum atomic E-state index is -0.470. The maximum atomic E-state index is 12.1. The van der Waals surface area contributed by atoms with E-state index in [1.807, 2.05) is 39.0 Å². The molecule has 0 radical (unpaired) electrons. The zero-order chi connectivity index (χ0) is 17.7. The fourth-order valence-corrected chi connectivity index (χ4v) is 2.67. The smallest absolute Gasteiger partial charge is 0.410 e. The predicted octanol–water partition coefficient (Wildman–Crippen LogP) is 3.19. The molecule has 0 aromatic carbocycles. The molecule has 0 saturated carbocycles. The molecular formula is C18H27N3O3. The molecule has 0 spiro atoms. The van der Waals surface area contributed by atoms with Crippen LogP contribution in [-0.4, -0.2) is 42.4 Å². The number of rotatable bonds is 3. The Balaban J connectivity index is 1.94. The molecule has 2 rings (SSSR count). The van der Waals surface area contributed by atoms with Gasteiger partial charge in [-0.1, -0.05) is 0 Å². The number of hydrogen-bond acceptors (Lipinski definition) is 5. The van der Waals surface area contributed by atoms with Crippen molar-refractivity contribution in [1.29, 1.82) is 0 Å². The second-order valence-electron chi connectivity index (χ2n) is 6.97. The van der Waals surface area contributed by atoms with Gasteiger partial charge in [0.15, 0.2) is 5.76 Å². The number of hydrogen-bond donors (Lipinski definition) is 1. The number of carbonyl (C=O) groups is 1. The van der Waals surface area contributed by atoms with Crippen LogP contribution in [0.25, 0.3) is 0 Å². The Morgan fingerprint density at radius 2 is 2.08 bits per heavy atom. The van der Waals surface area contributed by atoms with E-state index in [-0.39, 0.29) is 12.0 Å². The third-order valence-electron chi connectivity index (χ3n) is 3.94. The van der Waals surface area contributed by atoms with Gasteiger partial charge in [-0.15, -0.1) is 0 Å². The molecule has 1 aliphatic rings. The van der Waals surface area contributed by atoms with Gasteiger partial charge in [-0.3, -0.25) is 4.99 Å². The van der Waals surface area contributed by atoms with Crippen LogP contribution in [0.15, 0.2) is 39.6 Å². The molecule has 24 heavy (non-hydrogen) atoms. The van der Waals surface area contributed by atoms with Gasteiger partial charge in [0.1, 0.15) is 11.3 Å². The van der Waals surface area contributed by atoms with E-state index in [1.54, 1.807) is 18.2 Å². The van der Waals surface area contributed by atoms with Crippen molar-refractivity contribution in [1.82, 2.24) is 4.90 Å². The average molecular weight is 333 g/mol. The molecule has 6 nitrogen and oxygen atoms in total. The molecule has 1 fully saturated rings. The summed E-state index contributed by atoms with van der Waals surface area (Å²) in [6, 6.07) is 3.68. The Hall–Kier alpha value is -2.24. The highest BCUT2D eigenvalue weighted by molar-refractivity contribution is 6.07. The number of nitrogens with zero attached hydrogens (tertiary/aromatic N) is 2. The summed E-state index contributed by atoms with van der Waals surface area (Å²) >= 11 is 0. The maximum Gasteiger partial charge on any atom is 0.410 e. The molecule has 1 amide bonds. The number of likely N-dealkylation sites (tertiary alicyclic amines) is 1. The topological polar surface area (TPSA) is 81.1 Å². The molecule has 1 aliphatic heterocycles. The van der Waals surface area contributed by atoms with Gasteiger partial charge in [0.2, 0.25) is 0 Å². The summed E-state index contributed by atoms with van der Waals surface area (Å²) in [6.45, 7) is 6.91. The number of carbonyl (C=O) groups excluding carboxylic acids is 1. The molecule has 1 aromatic heterocycles. The van der Waals surface area contributed by atoms with Gasteiger partial charge < -0.3 is 19.8 Å². The van der Waals surface area contributed by atoms with Crippen molar-refractivity contribution in [2.45, 2.75) is 39.2 Å². The molecule has 0 atom stereocenters. The van der Waals surface area contributed by atoms with Gasteiger partial charge in [0.05, 0.1) is 6.26 Å². The number of aliphatic imine (C=N–C) groups is 1. The molecule has 132 valence electrons. The SMILES string of the molecule is CN=C(C=C(N)C1CCN(C(=O)OC(C)(C)C)CC1)c1ccco1. The van der Waals surface area contributed by atoms with Crippen molar-refractivity contribution < 1.29 is 13.9 Å². The lowest BCUT2D eigenvalue weighted by Crippen LogP contribution is -2.42. The molecule has 2 N–H and O–H groups in total. The first-order valence-electron chi connectivity index (χ1n) is 8.26. The summed E-state index contributed by atoms with van der Waals surface area (Å²) in [6.07, 6.45) is 4.86. The van der Waals surface area contributed by atoms with E-state index in [9.17, 15) is 4.79 Å². The first-order valence-corrected chi connectivity index (χ1v) is 8.26. The van der Waals surface area contributed by atoms with Crippen LogP contribution in [0.2, 0.25) is 0 Å². The minimum absolute atomic E-state index is 0.232. The van der Waals surface area contributed by atoms with Crippen LogP contribution in [0.1, 0.15) is 39.4 Å². The summed E-state index contributed by atoms with van der Waals surface area (Å²) in [5.74, 6) is 0.932. The van der Waals surface area contributed by atoms with Gasteiger partial charge >= 0.3 is 6.09 Å². The Kier molecular flexibility index (Phi) is 5.70. The maximum absolute atomic E-state index is 12.1. The van der Waals surface area contributed by atoms with E-state index < -0.39 is 5.60 Å². The Labute approximate surface area is 143 Å². The van der Waals surface area contributed by atoms with Crippen LogP contribution >= 0.6 is 0 Å². The fraction of sp³-hybridized carbons (Fsp3) is 0.556. The van der Waals surface area contributed by atoms with E-state index in [0.29, 0.717) is 18.8 Å². The monoisotopic (exact) mass is 333 g/mol. The van der Waals surface area contributed by atoms with Crippen molar-refractivity contribution in [3.63, 3.8) is 0 Å². The number of amides is 1. The molecule has 0 unspecified atom stereocenters. The standard InChI is InChI=1S/C18H27N3O3/c1-18(2,3)24-17(22)21-9-7-13(8-10-21)14(19)12-15(20-4)16-6-5-11-23-16/h5-6,11-13H,7-10,19H2,1-4H3. The lowest BCUT2D eigenvalue weighted by molar-refractivity contribution is 0.0194. The van der Waals surface area contributed by atoms with Crippen molar-refractivity contribution >= 4 is 11.8 Å². The van der Waals surface area contributed by atoms with E-state index in [4.69, 9.17) is 14.9 Å². The van der Waals surface area contributed by atoms with Gasteiger partial charge in [0, 0.05) is 31.8 Å². The van der Waals surface area contributed by atoms with Crippen molar-refractivity contribution in [2.75, 3.05) is 20.1 Å². The largest absolute Gasteiger partial charge is 0.463 e. The predicted molar refractivity (Wildman–Crippen MR) is 94.0 cm³/mol. The second kappa shape index (κ2) is 7.55. The first-order chi connectivity index (χ1) is 11.3. The van der Waals surface area contributed by atoms with Crippen molar-refractivity contribution in [2.24, 2.45) is 16.6 Å². The highest BCUT2D eigenvalue weighted by Crippen LogP contribution is 2.24. The van der Waals surface area contributed by atoms with Gasteiger partial charge in [-0.25, -0.2) is 4.79 Å². The van der Waals surface area contributed by atoms with Crippen LogP contribution in [0, 0.1) is 5.92 Å². The van der Waals surface area contributed by atoms with Crippen molar-refractivity contribution in [3.8, 4) is 0 Å². The quantitative estimate of drug-likeness (QED) is 0.861. The third kappa shape index (κ3) is 4.88. The van der Waals surface area contributed by atoms with E-state index in [1.165, 1.54) is 0 Å². The molecular weight excluding hydrogens is 306 g/mol. The van der Waals surface area contributed by atoms with E-state index >= 15 is 0 Å². The molecule has 2 heterocycles. The number of allylic oxidation sites excluding steroid dienone is 2. The second-order valence-corrected chi connectivity index (χ2v) is 6.97. The number of furan rings is 1. The zero-order valence-electron chi connectivity index (χ0n) is 14.9. The van der Waals surface area contributed by atoms with E-state index in [2.05, 4.69) is 4.99 Å². The Morgan fingerprint density at radius 3 is 2.58 bits per heavy atom. The van der Waals surface area contributed by atoms with E-state index in [0.717, 1.165) is 24.3 Å². The lowest BCUT2D eigenvalue weighted by atomic mass is 9.93. The summed E-state index contributed by atoms with van der Waals surface area (Å²) in [7, 11) is 1.72. The summed E-state index contributed by atoms with van der Waals surface area (Å²) < 4.78 is 10.8.